The van der Waals surface area contributed by atoms with Gasteiger partial charge < -0.3 is 9.64 Å². The van der Waals surface area contributed by atoms with E-state index in [0.717, 1.165) is 58.8 Å². The SMILES string of the molecule is C=CCN1CCOCC2(CCN(C(=O)c3ccnn3C)CC2)C1. The van der Waals surface area contributed by atoms with E-state index in [-0.39, 0.29) is 11.3 Å². The summed E-state index contributed by atoms with van der Waals surface area (Å²) in [6.07, 6.45) is 5.61. The molecule has 126 valence electrons. The second kappa shape index (κ2) is 6.84. The molecule has 2 saturated heterocycles. The van der Waals surface area contributed by atoms with Gasteiger partial charge in [-0.15, -0.1) is 6.58 Å². The number of likely N-dealkylation sites (tertiary alicyclic amines) is 1. The summed E-state index contributed by atoms with van der Waals surface area (Å²) in [5.41, 5.74) is 0.828. The summed E-state index contributed by atoms with van der Waals surface area (Å²) in [5, 5.41) is 4.09. The first-order chi connectivity index (χ1) is 11.1. The highest BCUT2D eigenvalue weighted by molar-refractivity contribution is 5.92. The Morgan fingerprint density at radius 2 is 2.22 bits per heavy atom. The Balaban J connectivity index is 1.64. The van der Waals surface area contributed by atoms with Crippen LogP contribution in [0.5, 0.6) is 0 Å². The summed E-state index contributed by atoms with van der Waals surface area (Å²) in [6, 6.07) is 1.79. The van der Waals surface area contributed by atoms with Crippen molar-refractivity contribution in [2.75, 3.05) is 45.9 Å². The van der Waals surface area contributed by atoms with Gasteiger partial charge in [0.15, 0.2) is 0 Å². The van der Waals surface area contributed by atoms with E-state index < -0.39 is 0 Å². The van der Waals surface area contributed by atoms with Crippen molar-refractivity contribution in [1.29, 1.82) is 0 Å². The van der Waals surface area contributed by atoms with Crippen molar-refractivity contribution in [2.45, 2.75) is 12.8 Å². The fourth-order valence-electron chi connectivity index (χ4n) is 3.65. The molecule has 1 amide bonds. The van der Waals surface area contributed by atoms with Gasteiger partial charge in [0, 0.05) is 51.4 Å². The van der Waals surface area contributed by atoms with Gasteiger partial charge in [0.1, 0.15) is 5.69 Å². The maximum Gasteiger partial charge on any atom is 0.272 e. The molecule has 2 fully saturated rings. The van der Waals surface area contributed by atoms with Crippen LogP contribution < -0.4 is 0 Å². The van der Waals surface area contributed by atoms with Crippen molar-refractivity contribution in [3.63, 3.8) is 0 Å². The molecule has 23 heavy (non-hydrogen) atoms. The smallest absolute Gasteiger partial charge is 0.272 e. The summed E-state index contributed by atoms with van der Waals surface area (Å²) in [7, 11) is 1.81. The third-order valence-corrected chi connectivity index (χ3v) is 5.06. The summed E-state index contributed by atoms with van der Waals surface area (Å²) in [5.74, 6) is 0.0809. The maximum absolute atomic E-state index is 12.6. The van der Waals surface area contributed by atoms with E-state index in [1.165, 1.54) is 0 Å². The summed E-state index contributed by atoms with van der Waals surface area (Å²) in [4.78, 5) is 17.0. The molecule has 0 aliphatic carbocycles. The van der Waals surface area contributed by atoms with Crippen LogP contribution >= 0.6 is 0 Å². The van der Waals surface area contributed by atoms with Crippen molar-refractivity contribution < 1.29 is 9.53 Å². The summed E-state index contributed by atoms with van der Waals surface area (Å²) in [6.45, 7) is 9.91. The lowest BCUT2D eigenvalue weighted by Gasteiger charge is -2.42. The molecular weight excluding hydrogens is 292 g/mol. The van der Waals surface area contributed by atoms with Crippen LogP contribution in [0.4, 0.5) is 0 Å². The van der Waals surface area contributed by atoms with E-state index in [0.29, 0.717) is 5.69 Å². The molecule has 0 radical (unpaired) electrons. The van der Waals surface area contributed by atoms with Gasteiger partial charge in [0.05, 0.1) is 13.2 Å². The number of aryl methyl sites for hydroxylation is 1. The van der Waals surface area contributed by atoms with E-state index in [4.69, 9.17) is 4.74 Å². The van der Waals surface area contributed by atoms with Gasteiger partial charge in [-0.1, -0.05) is 6.08 Å². The zero-order valence-corrected chi connectivity index (χ0v) is 13.9. The predicted octanol–water partition coefficient (Wildman–Crippen LogP) is 1.16. The Morgan fingerprint density at radius 1 is 1.43 bits per heavy atom. The molecule has 1 spiro atoms. The molecule has 0 unspecified atom stereocenters. The van der Waals surface area contributed by atoms with Gasteiger partial charge in [-0.3, -0.25) is 14.4 Å². The van der Waals surface area contributed by atoms with Crippen LogP contribution in [0.25, 0.3) is 0 Å². The average molecular weight is 318 g/mol. The van der Waals surface area contributed by atoms with Crippen molar-refractivity contribution in [3.8, 4) is 0 Å². The van der Waals surface area contributed by atoms with E-state index in [1.54, 1.807) is 16.9 Å². The molecule has 3 heterocycles. The fraction of sp³-hybridized carbons (Fsp3) is 0.647. The number of carbonyl (C=O) groups excluding carboxylic acids is 1. The van der Waals surface area contributed by atoms with Crippen LogP contribution in [-0.2, 0) is 11.8 Å². The lowest BCUT2D eigenvalue weighted by molar-refractivity contribution is 0.0151. The van der Waals surface area contributed by atoms with Crippen LogP contribution in [0, 0.1) is 5.41 Å². The Labute approximate surface area is 137 Å². The quantitative estimate of drug-likeness (QED) is 0.785. The van der Waals surface area contributed by atoms with E-state index in [9.17, 15) is 4.79 Å². The first kappa shape index (κ1) is 16.2. The number of ether oxygens (including phenoxy) is 1. The van der Waals surface area contributed by atoms with Crippen molar-refractivity contribution in [2.24, 2.45) is 12.5 Å². The lowest BCUT2D eigenvalue weighted by atomic mass is 9.78. The number of rotatable bonds is 3. The minimum Gasteiger partial charge on any atom is -0.379 e. The van der Waals surface area contributed by atoms with Crippen molar-refractivity contribution in [1.82, 2.24) is 19.6 Å². The molecule has 3 rings (SSSR count). The standard InChI is InChI=1S/C17H26N4O2/c1-3-8-20-11-12-23-14-17(13-20)5-9-21(10-6-17)16(22)15-4-7-18-19(15)2/h3-4,7H,1,5-6,8-14H2,2H3. The monoisotopic (exact) mass is 318 g/mol. The van der Waals surface area contributed by atoms with E-state index in [1.807, 2.05) is 18.0 Å². The fourth-order valence-corrected chi connectivity index (χ4v) is 3.65. The van der Waals surface area contributed by atoms with Crippen LogP contribution in [0.1, 0.15) is 23.3 Å². The van der Waals surface area contributed by atoms with E-state index >= 15 is 0 Å². The first-order valence-electron chi connectivity index (χ1n) is 8.32. The molecule has 6 nitrogen and oxygen atoms in total. The van der Waals surface area contributed by atoms with Gasteiger partial charge in [-0.05, 0) is 18.9 Å². The molecule has 0 aromatic carbocycles. The first-order valence-corrected chi connectivity index (χ1v) is 8.32. The molecule has 0 atom stereocenters. The Hall–Kier alpha value is -1.66. The highest BCUT2D eigenvalue weighted by Crippen LogP contribution is 2.34. The predicted molar refractivity (Wildman–Crippen MR) is 88.2 cm³/mol. The van der Waals surface area contributed by atoms with Crippen molar-refractivity contribution in [3.05, 3.63) is 30.6 Å². The second-order valence-electron chi connectivity index (χ2n) is 6.71. The van der Waals surface area contributed by atoms with Crippen LogP contribution in [0.3, 0.4) is 0 Å². The number of carbonyl (C=O) groups is 1. The molecule has 1 aromatic rings. The number of hydrogen-bond donors (Lipinski definition) is 0. The van der Waals surface area contributed by atoms with Gasteiger partial charge in [-0.2, -0.15) is 5.10 Å². The average Bonchev–Trinajstić information content (AvgIpc) is 2.88. The molecule has 2 aliphatic heterocycles. The second-order valence-corrected chi connectivity index (χ2v) is 6.71. The Kier molecular flexibility index (Phi) is 4.82. The van der Waals surface area contributed by atoms with E-state index in [2.05, 4.69) is 16.6 Å². The summed E-state index contributed by atoms with van der Waals surface area (Å²) < 4.78 is 7.50. The number of aromatic nitrogens is 2. The zero-order chi connectivity index (χ0) is 16.3. The minimum atomic E-state index is 0.0809. The van der Waals surface area contributed by atoms with Crippen LogP contribution in [0.2, 0.25) is 0 Å². The normalized spacial score (nSPS) is 22.0. The Bertz CT molecular complexity index is 561. The highest BCUT2D eigenvalue weighted by Gasteiger charge is 2.39. The number of amides is 1. The maximum atomic E-state index is 12.6. The third kappa shape index (κ3) is 3.48. The number of hydrogen-bond acceptors (Lipinski definition) is 4. The largest absolute Gasteiger partial charge is 0.379 e. The Morgan fingerprint density at radius 3 is 2.87 bits per heavy atom. The molecule has 2 aliphatic rings. The minimum absolute atomic E-state index is 0.0809. The van der Waals surface area contributed by atoms with Crippen LogP contribution in [0.15, 0.2) is 24.9 Å². The molecule has 1 aromatic heterocycles. The zero-order valence-electron chi connectivity index (χ0n) is 13.9. The van der Waals surface area contributed by atoms with Gasteiger partial charge >= 0.3 is 0 Å². The highest BCUT2D eigenvalue weighted by atomic mass is 16.5. The van der Waals surface area contributed by atoms with Gasteiger partial charge in [-0.25, -0.2) is 0 Å². The molecule has 6 heteroatoms. The number of nitrogens with zero attached hydrogens (tertiary/aromatic N) is 4. The lowest BCUT2D eigenvalue weighted by Crippen LogP contribution is -2.49. The topological polar surface area (TPSA) is 50.6 Å². The molecule has 0 bridgehead atoms. The third-order valence-electron chi connectivity index (χ3n) is 5.06. The van der Waals surface area contributed by atoms with Gasteiger partial charge in [0.2, 0.25) is 0 Å². The summed E-state index contributed by atoms with van der Waals surface area (Å²) >= 11 is 0. The molecular formula is C17H26N4O2. The molecule has 0 N–H and O–H groups in total. The van der Waals surface area contributed by atoms with Gasteiger partial charge in [0.25, 0.3) is 5.91 Å². The number of piperidine rings is 1. The molecule has 0 saturated carbocycles. The van der Waals surface area contributed by atoms with Crippen LogP contribution in [-0.4, -0.2) is 71.4 Å². The van der Waals surface area contributed by atoms with Crippen molar-refractivity contribution >= 4 is 5.91 Å².